The largest absolute Gasteiger partial charge is 0.417 e. The zero-order valence-electron chi connectivity index (χ0n) is 16.7. The van der Waals surface area contributed by atoms with Crippen LogP contribution in [0.25, 0.3) is 0 Å². The van der Waals surface area contributed by atoms with Crippen LogP contribution in [0.15, 0.2) is 0 Å². The van der Waals surface area contributed by atoms with Crippen molar-refractivity contribution in [3.63, 3.8) is 0 Å². The molecule has 0 aliphatic heterocycles. The zero-order chi connectivity index (χ0) is 17.8. The highest BCUT2D eigenvalue weighted by molar-refractivity contribution is 6.74. The third-order valence-corrected chi connectivity index (χ3v) is 14.5. The monoisotopic (exact) mass is 348 g/mol. The van der Waals surface area contributed by atoms with E-state index in [1.807, 2.05) is 0 Å². The topological polar surface area (TPSA) is 38.7 Å². The Morgan fingerprint density at radius 1 is 0.818 bits per heavy atom. The summed E-state index contributed by atoms with van der Waals surface area (Å²) >= 11 is 0. The molecule has 0 fully saturated rings. The third kappa shape index (κ3) is 6.83. The lowest BCUT2D eigenvalue weighted by Crippen LogP contribution is -2.45. The first-order valence-electron chi connectivity index (χ1n) is 8.57. The lowest BCUT2D eigenvalue weighted by Gasteiger charge is -2.40. The molecule has 3 nitrogen and oxygen atoms in total. The van der Waals surface area contributed by atoms with Gasteiger partial charge in [0, 0.05) is 19.3 Å². The third-order valence-electron chi connectivity index (χ3n) is 5.43. The maximum absolute atomic E-state index is 9.33. The fourth-order valence-electron chi connectivity index (χ4n) is 1.66. The molecule has 0 aromatic carbocycles. The van der Waals surface area contributed by atoms with Crippen molar-refractivity contribution in [3.8, 4) is 0 Å². The summed E-state index contributed by atoms with van der Waals surface area (Å²) in [7, 11) is -3.49. The van der Waals surface area contributed by atoms with E-state index in [4.69, 9.17) is 8.85 Å². The van der Waals surface area contributed by atoms with E-state index in [-0.39, 0.29) is 22.8 Å². The number of hydrogen-bond donors (Lipinski definition) is 1. The molecule has 1 unspecified atom stereocenters. The lowest BCUT2D eigenvalue weighted by atomic mass is 10.2. The Bertz CT molecular complexity index is 328. The molecular weight excluding hydrogens is 308 g/mol. The minimum Gasteiger partial charge on any atom is -0.417 e. The molecule has 5 heteroatoms. The van der Waals surface area contributed by atoms with Gasteiger partial charge in [0.2, 0.25) is 0 Å². The molecule has 0 aromatic heterocycles. The van der Waals surface area contributed by atoms with E-state index in [1.54, 1.807) is 0 Å². The van der Waals surface area contributed by atoms with Gasteiger partial charge in [-0.05, 0) is 49.1 Å². The first-order chi connectivity index (χ1) is 9.64. The predicted molar refractivity (Wildman–Crippen MR) is 102 cm³/mol. The number of hydrogen-bond acceptors (Lipinski definition) is 3. The number of aliphatic hydroxyl groups excluding tert-OH is 1. The van der Waals surface area contributed by atoms with Crippen molar-refractivity contribution in [1.29, 1.82) is 0 Å². The summed E-state index contributed by atoms with van der Waals surface area (Å²) in [4.78, 5) is 0. The molecule has 0 rings (SSSR count). The van der Waals surface area contributed by atoms with E-state index < -0.39 is 16.6 Å². The van der Waals surface area contributed by atoms with E-state index in [2.05, 4.69) is 67.7 Å². The van der Waals surface area contributed by atoms with Gasteiger partial charge in [0.15, 0.2) is 16.6 Å². The van der Waals surface area contributed by atoms with Gasteiger partial charge in [0.25, 0.3) is 0 Å². The van der Waals surface area contributed by atoms with Crippen LogP contribution in [0.3, 0.4) is 0 Å². The van der Waals surface area contributed by atoms with Crippen molar-refractivity contribution >= 4 is 16.6 Å². The molecule has 1 atom stereocenters. The molecule has 0 saturated carbocycles. The van der Waals surface area contributed by atoms with Gasteiger partial charge in [-0.2, -0.15) is 0 Å². The lowest BCUT2D eigenvalue weighted by molar-refractivity contribution is 0.112. The van der Waals surface area contributed by atoms with Gasteiger partial charge in [0.05, 0.1) is 0 Å². The molecule has 134 valence electrons. The second kappa shape index (κ2) is 7.92. The SMILES string of the molecule is CC(C)(C)[Si](C)(C)OCCC(CCO)O[Si](C)(C)C(C)(C)C. The molecule has 0 bridgehead atoms. The Kier molecular flexibility index (Phi) is 8.04. The molecule has 0 aromatic rings. The Balaban J connectivity index is 4.62. The van der Waals surface area contributed by atoms with Crippen LogP contribution < -0.4 is 0 Å². The maximum Gasteiger partial charge on any atom is 0.192 e. The summed E-state index contributed by atoms with van der Waals surface area (Å²) in [5.41, 5.74) is 0. The molecule has 0 spiro atoms. The van der Waals surface area contributed by atoms with Gasteiger partial charge in [-0.25, -0.2) is 0 Å². The molecule has 1 N–H and O–H groups in total. The maximum atomic E-state index is 9.33. The van der Waals surface area contributed by atoms with Crippen LogP contribution in [0.4, 0.5) is 0 Å². The van der Waals surface area contributed by atoms with E-state index in [1.165, 1.54) is 0 Å². The van der Waals surface area contributed by atoms with Crippen molar-refractivity contribution in [3.05, 3.63) is 0 Å². The van der Waals surface area contributed by atoms with Crippen LogP contribution in [-0.2, 0) is 8.85 Å². The van der Waals surface area contributed by atoms with Crippen molar-refractivity contribution < 1.29 is 14.0 Å². The number of rotatable bonds is 8. The summed E-state index contributed by atoms with van der Waals surface area (Å²) in [6.07, 6.45) is 1.68. The predicted octanol–water partition coefficient (Wildman–Crippen LogP) is 5.17. The first kappa shape index (κ1) is 22.3. The van der Waals surface area contributed by atoms with Crippen molar-refractivity contribution in [2.24, 2.45) is 0 Å². The quantitative estimate of drug-likeness (QED) is 0.615. The first-order valence-corrected chi connectivity index (χ1v) is 14.4. The molecule has 0 heterocycles. The Morgan fingerprint density at radius 2 is 1.27 bits per heavy atom. The number of aliphatic hydroxyl groups is 1. The summed E-state index contributed by atoms with van der Waals surface area (Å²) in [6, 6.07) is 0. The zero-order valence-corrected chi connectivity index (χ0v) is 18.7. The highest BCUT2D eigenvalue weighted by atomic mass is 28.4. The summed E-state index contributed by atoms with van der Waals surface area (Å²) in [5, 5.41) is 9.76. The average Bonchev–Trinajstić information content (AvgIpc) is 2.25. The summed E-state index contributed by atoms with van der Waals surface area (Å²) in [6.45, 7) is 23.5. The van der Waals surface area contributed by atoms with Gasteiger partial charge >= 0.3 is 0 Å². The fourth-order valence-corrected chi connectivity index (χ4v) is 4.15. The van der Waals surface area contributed by atoms with E-state index >= 15 is 0 Å². The van der Waals surface area contributed by atoms with E-state index in [0.717, 1.165) is 13.0 Å². The average molecular weight is 349 g/mol. The summed E-state index contributed by atoms with van der Waals surface area (Å²) < 4.78 is 12.7. The highest BCUT2D eigenvalue weighted by Crippen LogP contribution is 2.39. The second-order valence-electron chi connectivity index (χ2n) is 9.41. The second-order valence-corrected chi connectivity index (χ2v) is 19.0. The van der Waals surface area contributed by atoms with Crippen LogP contribution in [-0.4, -0.2) is 41.1 Å². The molecule has 0 aliphatic rings. The van der Waals surface area contributed by atoms with Gasteiger partial charge in [-0.3, -0.25) is 0 Å². The highest BCUT2D eigenvalue weighted by Gasteiger charge is 2.40. The Morgan fingerprint density at radius 3 is 1.64 bits per heavy atom. The smallest absolute Gasteiger partial charge is 0.192 e. The van der Waals surface area contributed by atoms with Gasteiger partial charge in [-0.1, -0.05) is 41.5 Å². The molecular formula is C17H40O3Si2. The van der Waals surface area contributed by atoms with Crippen LogP contribution in [0.1, 0.15) is 54.4 Å². The van der Waals surface area contributed by atoms with Crippen molar-refractivity contribution in [2.45, 2.75) is 96.8 Å². The molecule has 0 amide bonds. The minimum absolute atomic E-state index is 0.107. The van der Waals surface area contributed by atoms with Gasteiger partial charge in [-0.15, -0.1) is 0 Å². The van der Waals surface area contributed by atoms with Crippen LogP contribution >= 0.6 is 0 Å². The van der Waals surface area contributed by atoms with Crippen LogP contribution in [0, 0.1) is 0 Å². The molecule has 22 heavy (non-hydrogen) atoms. The van der Waals surface area contributed by atoms with Crippen LogP contribution in [0.5, 0.6) is 0 Å². The van der Waals surface area contributed by atoms with Crippen molar-refractivity contribution in [2.75, 3.05) is 13.2 Å². The standard InChI is InChI=1S/C17H40O3Si2/c1-16(2,3)21(7,8)19-14-12-15(11-13-18)20-22(9,10)17(4,5)6/h15,18H,11-14H2,1-10H3. The molecule has 0 radical (unpaired) electrons. The molecule has 0 aliphatic carbocycles. The van der Waals surface area contributed by atoms with Gasteiger partial charge < -0.3 is 14.0 Å². The Labute approximate surface area is 141 Å². The van der Waals surface area contributed by atoms with Gasteiger partial charge in [0.1, 0.15) is 0 Å². The minimum atomic E-state index is -1.79. The summed E-state index contributed by atoms with van der Waals surface area (Å²) in [5.74, 6) is 0. The fraction of sp³-hybridized carbons (Fsp3) is 1.00. The van der Waals surface area contributed by atoms with E-state index in [9.17, 15) is 5.11 Å². The van der Waals surface area contributed by atoms with Crippen molar-refractivity contribution in [1.82, 2.24) is 0 Å². The Hall–Kier alpha value is 0.314. The normalized spacial score (nSPS) is 16.0. The van der Waals surface area contributed by atoms with Crippen LogP contribution in [0.2, 0.25) is 36.3 Å². The van der Waals surface area contributed by atoms with E-state index in [0.29, 0.717) is 6.42 Å². The molecule has 0 saturated heterocycles.